The second-order valence-corrected chi connectivity index (χ2v) is 10.2. The molecular formula is C26H30N4O5. The molecule has 0 saturated carbocycles. The van der Waals surface area contributed by atoms with E-state index in [1.807, 2.05) is 29.9 Å². The third kappa shape index (κ3) is 3.87. The number of amides is 1. The number of nitrogens with one attached hydrogen (secondary N) is 1. The van der Waals surface area contributed by atoms with E-state index in [0.29, 0.717) is 45.5 Å². The van der Waals surface area contributed by atoms with Gasteiger partial charge in [-0.3, -0.25) is 4.79 Å². The summed E-state index contributed by atoms with van der Waals surface area (Å²) in [4.78, 5) is 21.2. The number of pyridine rings is 2. The molecule has 3 aromatic rings. The second kappa shape index (κ2) is 8.29. The van der Waals surface area contributed by atoms with Crippen LogP contribution in [0.5, 0.6) is 5.75 Å². The molecule has 3 aliphatic heterocycles. The van der Waals surface area contributed by atoms with Gasteiger partial charge < -0.3 is 28.8 Å². The van der Waals surface area contributed by atoms with E-state index < -0.39 is 5.60 Å². The van der Waals surface area contributed by atoms with E-state index in [1.54, 1.807) is 6.20 Å². The van der Waals surface area contributed by atoms with Gasteiger partial charge in [-0.1, -0.05) is 6.92 Å². The highest BCUT2D eigenvalue weighted by Gasteiger charge is 2.45. The number of hydrogen-bond donors (Lipinski definition) is 1. The van der Waals surface area contributed by atoms with E-state index in [0.717, 1.165) is 52.0 Å². The molecule has 0 aromatic carbocycles. The van der Waals surface area contributed by atoms with E-state index in [-0.39, 0.29) is 11.3 Å². The topological polar surface area (TPSA) is 96.7 Å². The number of anilines is 1. The number of hydrogen-bond acceptors (Lipinski definition) is 7. The van der Waals surface area contributed by atoms with Crippen molar-refractivity contribution in [3.63, 3.8) is 0 Å². The number of aromatic nitrogens is 3. The highest BCUT2D eigenvalue weighted by atomic mass is 16.6. The predicted octanol–water partition coefficient (Wildman–Crippen LogP) is 3.20. The number of fused-ring (bicyclic) bond motifs is 3. The van der Waals surface area contributed by atoms with Crippen molar-refractivity contribution in [2.45, 2.75) is 32.3 Å². The Morgan fingerprint density at radius 3 is 2.80 bits per heavy atom. The zero-order valence-electron chi connectivity index (χ0n) is 20.3. The Labute approximate surface area is 203 Å². The largest absolute Gasteiger partial charge is 0.492 e. The normalized spacial score (nSPS) is 22.7. The molecule has 1 unspecified atom stereocenters. The summed E-state index contributed by atoms with van der Waals surface area (Å²) in [5, 5.41) is 3.74. The van der Waals surface area contributed by atoms with E-state index >= 15 is 0 Å². The molecule has 2 fully saturated rings. The number of nitrogens with zero attached hydrogens (tertiary/aromatic N) is 3. The van der Waals surface area contributed by atoms with Gasteiger partial charge in [0.25, 0.3) is 0 Å². The van der Waals surface area contributed by atoms with Gasteiger partial charge in [0.15, 0.2) is 0 Å². The van der Waals surface area contributed by atoms with Crippen LogP contribution in [0, 0.1) is 5.41 Å². The molecule has 0 bridgehead atoms. The molecule has 3 aromatic heterocycles. The van der Waals surface area contributed by atoms with Crippen molar-refractivity contribution in [1.82, 2.24) is 14.5 Å². The van der Waals surface area contributed by atoms with E-state index in [1.165, 1.54) is 6.92 Å². The molecule has 9 heteroatoms. The number of ether oxygens (including phenoxy) is 4. The van der Waals surface area contributed by atoms with Crippen LogP contribution in [0.2, 0.25) is 0 Å². The van der Waals surface area contributed by atoms with E-state index in [9.17, 15) is 4.79 Å². The first-order valence-electron chi connectivity index (χ1n) is 12.1. The quantitative estimate of drug-likeness (QED) is 0.602. The lowest BCUT2D eigenvalue weighted by Gasteiger charge is -2.38. The standard InChI is InChI=1S/C26H30N4O5/c1-16(31)28-23-8-18-19(11-30(3)21(18)10-27-23)20-9-22(34-14-25(2)12-33-13-25)17-4-6-35-26(24(17)29-20)5-7-32-15-26/h8-11H,4-7,12-15H2,1-3H3,(H,27,28,31). The summed E-state index contributed by atoms with van der Waals surface area (Å²) in [7, 11) is 1.98. The molecule has 1 atom stereocenters. The van der Waals surface area contributed by atoms with Crippen LogP contribution in [0.25, 0.3) is 22.2 Å². The minimum Gasteiger partial charge on any atom is -0.492 e. The summed E-state index contributed by atoms with van der Waals surface area (Å²) < 4.78 is 26.0. The summed E-state index contributed by atoms with van der Waals surface area (Å²) in [6.07, 6.45) is 5.34. The molecule has 6 heterocycles. The van der Waals surface area contributed by atoms with E-state index in [2.05, 4.69) is 17.2 Å². The van der Waals surface area contributed by atoms with Gasteiger partial charge in [-0.2, -0.15) is 0 Å². The number of carbonyl (C=O) groups excluding carboxylic acids is 1. The smallest absolute Gasteiger partial charge is 0.222 e. The fourth-order valence-corrected chi connectivity index (χ4v) is 5.21. The molecule has 1 N–H and O–H groups in total. The lowest BCUT2D eigenvalue weighted by Crippen LogP contribution is -2.44. The second-order valence-electron chi connectivity index (χ2n) is 10.2. The Bertz CT molecular complexity index is 1310. The van der Waals surface area contributed by atoms with Gasteiger partial charge in [0.05, 0.1) is 56.1 Å². The summed E-state index contributed by atoms with van der Waals surface area (Å²) in [5.41, 5.74) is 4.20. The molecule has 9 nitrogen and oxygen atoms in total. The van der Waals surface area contributed by atoms with E-state index in [4.69, 9.17) is 23.9 Å². The van der Waals surface area contributed by atoms with Gasteiger partial charge in [0.1, 0.15) is 17.2 Å². The summed E-state index contributed by atoms with van der Waals surface area (Å²) in [5.74, 6) is 1.19. The third-order valence-electron chi connectivity index (χ3n) is 7.16. The first-order chi connectivity index (χ1) is 16.9. The van der Waals surface area contributed by atoms with Gasteiger partial charge in [0, 0.05) is 67.6 Å². The highest BCUT2D eigenvalue weighted by molar-refractivity contribution is 5.98. The van der Waals surface area contributed by atoms with Crippen molar-refractivity contribution >= 4 is 22.6 Å². The average molecular weight is 479 g/mol. The molecule has 184 valence electrons. The van der Waals surface area contributed by atoms with Crippen LogP contribution in [0.4, 0.5) is 5.82 Å². The molecule has 1 spiro atoms. The lowest BCUT2D eigenvalue weighted by atomic mass is 9.88. The Balaban J connectivity index is 1.49. The van der Waals surface area contributed by atoms with Crippen LogP contribution in [-0.4, -0.2) is 60.1 Å². The van der Waals surface area contributed by atoms with Crippen molar-refractivity contribution in [2.75, 3.05) is 45.0 Å². The van der Waals surface area contributed by atoms with Gasteiger partial charge >= 0.3 is 0 Å². The molecule has 1 amide bonds. The predicted molar refractivity (Wildman–Crippen MR) is 129 cm³/mol. The van der Waals surface area contributed by atoms with Crippen molar-refractivity contribution < 1.29 is 23.7 Å². The van der Waals surface area contributed by atoms with Crippen molar-refractivity contribution in [3.8, 4) is 17.0 Å². The van der Waals surface area contributed by atoms with Crippen molar-refractivity contribution in [1.29, 1.82) is 0 Å². The highest BCUT2D eigenvalue weighted by Crippen LogP contribution is 2.44. The zero-order valence-corrected chi connectivity index (χ0v) is 20.3. The summed E-state index contributed by atoms with van der Waals surface area (Å²) in [6.45, 7) is 7.41. The maximum atomic E-state index is 11.6. The molecule has 0 aliphatic carbocycles. The maximum absolute atomic E-state index is 11.6. The number of rotatable bonds is 5. The summed E-state index contributed by atoms with van der Waals surface area (Å²) in [6, 6.07) is 3.94. The number of carbonyl (C=O) groups is 1. The first kappa shape index (κ1) is 22.5. The fourth-order valence-electron chi connectivity index (χ4n) is 5.21. The molecule has 6 rings (SSSR count). The molecule has 35 heavy (non-hydrogen) atoms. The van der Waals surface area contributed by atoms with Crippen LogP contribution in [-0.2, 0) is 38.1 Å². The lowest BCUT2D eigenvalue weighted by molar-refractivity contribution is -0.120. The van der Waals surface area contributed by atoms with Crippen LogP contribution < -0.4 is 10.1 Å². The Morgan fingerprint density at radius 1 is 1.23 bits per heavy atom. The minimum atomic E-state index is -0.543. The van der Waals surface area contributed by atoms with Gasteiger partial charge in [-0.15, -0.1) is 0 Å². The maximum Gasteiger partial charge on any atom is 0.222 e. The molecular weight excluding hydrogens is 448 g/mol. The molecule has 2 saturated heterocycles. The average Bonchev–Trinajstić information content (AvgIpc) is 3.41. The molecule has 3 aliphatic rings. The van der Waals surface area contributed by atoms with Crippen LogP contribution in [0.15, 0.2) is 24.5 Å². The fraction of sp³-hybridized carbons (Fsp3) is 0.500. The Kier molecular flexibility index (Phi) is 5.32. The van der Waals surface area contributed by atoms with Crippen molar-refractivity contribution in [3.05, 3.63) is 35.8 Å². The van der Waals surface area contributed by atoms with Crippen LogP contribution in [0.3, 0.4) is 0 Å². The minimum absolute atomic E-state index is 0.0218. The zero-order chi connectivity index (χ0) is 24.2. The van der Waals surface area contributed by atoms with Crippen molar-refractivity contribution in [2.24, 2.45) is 12.5 Å². The SMILES string of the molecule is CC(=O)Nc1cc2c(-c3cc(OCC4(C)COC4)c4c(n3)C3(CCOC3)OCC4)cn(C)c2cn1. The van der Waals surface area contributed by atoms with Gasteiger partial charge in [-0.05, 0) is 6.07 Å². The van der Waals surface area contributed by atoms with Crippen LogP contribution in [0.1, 0.15) is 31.5 Å². The van der Waals surface area contributed by atoms with Crippen LogP contribution >= 0.6 is 0 Å². The monoisotopic (exact) mass is 478 g/mol. The Morgan fingerprint density at radius 2 is 2.09 bits per heavy atom. The van der Waals surface area contributed by atoms with Gasteiger partial charge in [0.2, 0.25) is 5.91 Å². The first-order valence-corrected chi connectivity index (χ1v) is 12.1. The molecule has 0 radical (unpaired) electrons. The summed E-state index contributed by atoms with van der Waals surface area (Å²) >= 11 is 0. The van der Waals surface area contributed by atoms with Gasteiger partial charge in [-0.25, -0.2) is 9.97 Å². The third-order valence-corrected chi connectivity index (χ3v) is 7.16. The Hall–Kier alpha value is -3.01. The number of aryl methyl sites for hydroxylation is 1.